The summed E-state index contributed by atoms with van der Waals surface area (Å²) in [6.45, 7) is 0. The first-order chi connectivity index (χ1) is 7.59. The molecule has 1 atom stereocenters. The lowest BCUT2D eigenvalue weighted by atomic mass is 10.3. The third-order valence-electron chi connectivity index (χ3n) is 2.34. The molecule has 6 nitrogen and oxygen atoms in total. The standard InChI is InChI=1S/C8H12ClN3O3S/c9-3-1-7-11-12-8(15-7)10-6-2-4-16(13,14)5-6/h6H,1-5H2,(H,10,12). The molecule has 8 heteroatoms. The Morgan fingerprint density at radius 3 is 2.94 bits per heavy atom. The van der Waals surface area contributed by atoms with Crippen LogP contribution < -0.4 is 5.32 Å². The molecular weight excluding hydrogens is 254 g/mol. The summed E-state index contributed by atoms with van der Waals surface area (Å²) < 4.78 is 27.7. The number of nitrogens with one attached hydrogen (secondary N) is 1. The Morgan fingerprint density at radius 2 is 2.31 bits per heavy atom. The number of halogens is 1. The van der Waals surface area contributed by atoms with Crippen LogP contribution in [0, 0.1) is 0 Å². The third-order valence-corrected chi connectivity index (χ3v) is 4.29. The summed E-state index contributed by atoms with van der Waals surface area (Å²) in [5.74, 6) is 1.21. The molecule has 1 aliphatic rings. The minimum atomic E-state index is -2.89. The van der Waals surface area contributed by atoms with Crippen molar-refractivity contribution in [1.82, 2.24) is 10.2 Å². The summed E-state index contributed by atoms with van der Waals surface area (Å²) in [6.07, 6.45) is 1.09. The van der Waals surface area contributed by atoms with E-state index in [9.17, 15) is 8.42 Å². The molecule has 0 radical (unpaired) electrons. The van der Waals surface area contributed by atoms with Crippen LogP contribution >= 0.6 is 11.6 Å². The monoisotopic (exact) mass is 265 g/mol. The van der Waals surface area contributed by atoms with Gasteiger partial charge in [-0.05, 0) is 6.42 Å². The van der Waals surface area contributed by atoms with Crippen molar-refractivity contribution < 1.29 is 12.8 Å². The largest absolute Gasteiger partial charge is 0.408 e. The normalized spacial score (nSPS) is 23.4. The molecule has 1 unspecified atom stereocenters. The lowest BCUT2D eigenvalue weighted by molar-refractivity contribution is 0.507. The number of rotatable bonds is 4. The number of aryl methyl sites for hydroxylation is 1. The highest BCUT2D eigenvalue weighted by Gasteiger charge is 2.28. The summed E-state index contributed by atoms with van der Waals surface area (Å²) >= 11 is 5.53. The number of hydrogen-bond acceptors (Lipinski definition) is 6. The molecule has 16 heavy (non-hydrogen) atoms. The van der Waals surface area contributed by atoms with Crippen LogP contribution in [0.25, 0.3) is 0 Å². The molecule has 0 bridgehead atoms. The van der Waals surface area contributed by atoms with E-state index in [-0.39, 0.29) is 23.6 Å². The first-order valence-corrected chi connectivity index (χ1v) is 7.30. The molecule has 0 spiro atoms. The molecule has 1 aliphatic heterocycles. The Labute approximate surface area is 98.3 Å². The van der Waals surface area contributed by atoms with Crippen molar-refractivity contribution in [2.45, 2.75) is 18.9 Å². The SMILES string of the molecule is O=S1(=O)CCC(Nc2nnc(CCCl)o2)C1. The molecule has 2 heterocycles. The molecule has 0 aliphatic carbocycles. The van der Waals surface area contributed by atoms with Crippen molar-refractivity contribution in [3.63, 3.8) is 0 Å². The number of alkyl halides is 1. The molecule has 90 valence electrons. The van der Waals surface area contributed by atoms with Crippen LogP contribution in [0.15, 0.2) is 4.42 Å². The van der Waals surface area contributed by atoms with Crippen LogP contribution in [0.1, 0.15) is 12.3 Å². The minimum absolute atomic E-state index is 0.125. The van der Waals surface area contributed by atoms with E-state index in [1.165, 1.54) is 0 Å². The Kier molecular flexibility index (Phi) is 3.34. The zero-order valence-electron chi connectivity index (χ0n) is 8.52. The topological polar surface area (TPSA) is 85.1 Å². The van der Waals surface area contributed by atoms with Crippen molar-refractivity contribution in [1.29, 1.82) is 0 Å². The maximum atomic E-state index is 11.2. The van der Waals surface area contributed by atoms with E-state index in [4.69, 9.17) is 16.0 Å². The predicted molar refractivity (Wildman–Crippen MR) is 59.4 cm³/mol. The second-order valence-corrected chi connectivity index (χ2v) is 6.29. The molecule has 1 aromatic rings. The summed E-state index contributed by atoms with van der Waals surface area (Å²) in [7, 11) is -2.89. The van der Waals surface area contributed by atoms with E-state index in [2.05, 4.69) is 15.5 Å². The third kappa shape index (κ3) is 2.85. The fourth-order valence-corrected chi connectivity index (χ4v) is 3.41. The Bertz CT molecular complexity index is 459. The lowest BCUT2D eigenvalue weighted by Crippen LogP contribution is -2.20. The first kappa shape index (κ1) is 11.7. The average Bonchev–Trinajstić information content (AvgIpc) is 2.75. The summed E-state index contributed by atoms with van der Waals surface area (Å²) in [4.78, 5) is 0. The quantitative estimate of drug-likeness (QED) is 0.796. The molecule has 1 aromatic heterocycles. The molecule has 1 N–H and O–H groups in total. The highest BCUT2D eigenvalue weighted by molar-refractivity contribution is 7.91. The van der Waals surface area contributed by atoms with Crippen LogP contribution in [-0.2, 0) is 16.3 Å². The van der Waals surface area contributed by atoms with Crippen molar-refractivity contribution >= 4 is 27.5 Å². The number of anilines is 1. The summed E-state index contributed by atoms with van der Waals surface area (Å²) in [6, 6.07) is 0.136. The average molecular weight is 266 g/mol. The van der Waals surface area contributed by atoms with Crippen molar-refractivity contribution in [2.24, 2.45) is 0 Å². The molecule has 0 saturated carbocycles. The maximum Gasteiger partial charge on any atom is 0.315 e. The van der Waals surface area contributed by atoms with Crippen LogP contribution in [0.5, 0.6) is 0 Å². The van der Waals surface area contributed by atoms with E-state index < -0.39 is 9.84 Å². The number of nitrogens with zero attached hydrogens (tertiary/aromatic N) is 2. The number of aromatic nitrogens is 2. The second-order valence-electron chi connectivity index (χ2n) is 3.68. The van der Waals surface area contributed by atoms with Gasteiger partial charge in [0.05, 0.1) is 11.5 Å². The van der Waals surface area contributed by atoms with Gasteiger partial charge in [0.1, 0.15) is 0 Å². The van der Waals surface area contributed by atoms with Gasteiger partial charge in [0.2, 0.25) is 5.89 Å². The zero-order chi connectivity index (χ0) is 11.6. The lowest BCUT2D eigenvalue weighted by Gasteiger charge is -2.06. The second kappa shape index (κ2) is 4.58. The minimum Gasteiger partial charge on any atom is -0.408 e. The van der Waals surface area contributed by atoms with Crippen molar-refractivity contribution in [3.8, 4) is 0 Å². The van der Waals surface area contributed by atoms with Gasteiger partial charge in [-0.15, -0.1) is 16.7 Å². The van der Waals surface area contributed by atoms with E-state index >= 15 is 0 Å². The van der Waals surface area contributed by atoms with Gasteiger partial charge in [-0.1, -0.05) is 5.10 Å². The number of hydrogen-bond donors (Lipinski definition) is 1. The Morgan fingerprint density at radius 1 is 1.50 bits per heavy atom. The van der Waals surface area contributed by atoms with Crippen molar-refractivity contribution in [2.75, 3.05) is 22.7 Å². The summed E-state index contributed by atoms with van der Waals surface area (Å²) in [5, 5.41) is 10.4. The van der Waals surface area contributed by atoms with E-state index in [1.54, 1.807) is 0 Å². The molecule has 2 rings (SSSR count). The van der Waals surface area contributed by atoms with Gasteiger partial charge in [-0.3, -0.25) is 0 Å². The number of sulfone groups is 1. The fraction of sp³-hybridized carbons (Fsp3) is 0.750. The Balaban J connectivity index is 1.94. The van der Waals surface area contributed by atoms with Gasteiger partial charge >= 0.3 is 6.01 Å². The van der Waals surface area contributed by atoms with Crippen LogP contribution in [0.4, 0.5) is 6.01 Å². The highest BCUT2D eigenvalue weighted by atomic mass is 35.5. The maximum absolute atomic E-state index is 11.2. The highest BCUT2D eigenvalue weighted by Crippen LogP contribution is 2.16. The van der Waals surface area contributed by atoms with Gasteiger partial charge in [0.15, 0.2) is 9.84 Å². The first-order valence-electron chi connectivity index (χ1n) is 4.94. The molecule has 0 amide bonds. The predicted octanol–water partition coefficient (Wildman–Crippen LogP) is 0.450. The molecule has 1 fully saturated rings. The van der Waals surface area contributed by atoms with Gasteiger partial charge < -0.3 is 9.73 Å². The van der Waals surface area contributed by atoms with Gasteiger partial charge in [-0.25, -0.2) is 8.42 Å². The van der Waals surface area contributed by atoms with Crippen LogP contribution in [0.2, 0.25) is 0 Å². The molecule has 0 aromatic carbocycles. The molecule has 1 saturated heterocycles. The smallest absolute Gasteiger partial charge is 0.315 e. The van der Waals surface area contributed by atoms with Crippen molar-refractivity contribution in [3.05, 3.63) is 5.89 Å². The Hall–Kier alpha value is -0.820. The zero-order valence-corrected chi connectivity index (χ0v) is 10.1. The summed E-state index contributed by atoms with van der Waals surface area (Å²) in [5.41, 5.74) is 0. The van der Waals surface area contributed by atoms with Crippen LogP contribution in [-0.4, -0.2) is 42.0 Å². The van der Waals surface area contributed by atoms with E-state index in [1.807, 2.05) is 0 Å². The molecular formula is C8H12ClN3O3S. The fourth-order valence-electron chi connectivity index (χ4n) is 1.58. The van der Waals surface area contributed by atoms with Gasteiger partial charge in [0.25, 0.3) is 0 Å². The van der Waals surface area contributed by atoms with Crippen LogP contribution in [0.3, 0.4) is 0 Å². The van der Waals surface area contributed by atoms with Gasteiger partial charge in [0, 0.05) is 18.3 Å². The van der Waals surface area contributed by atoms with E-state index in [0.717, 1.165) is 0 Å². The van der Waals surface area contributed by atoms with Gasteiger partial charge in [-0.2, -0.15) is 0 Å². The van der Waals surface area contributed by atoms with E-state index in [0.29, 0.717) is 24.6 Å².